The number of anilines is 3. The van der Waals surface area contributed by atoms with Crippen LogP contribution in [0.5, 0.6) is 0 Å². The van der Waals surface area contributed by atoms with Crippen LogP contribution >= 0.6 is 0 Å². The fourth-order valence-electron chi connectivity index (χ4n) is 7.70. The fourth-order valence-corrected chi connectivity index (χ4v) is 7.70. The minimum absolute atomic E-state index is 0.188. The van der Waals surface area contributed by atoms with Gasteiger partial charge >= 0.3 is 0 Å². The maximum atomic E-state index is 2.42. The average molecular weight is 629 g/mol. The summed E-state index contributed by atoms with van der Waals surface area (Å²) >= 11 is 0. The first-order valence-electron chi connectivity index (χ1n) is 17.0. The lowest BCUT2D eigenvalue weighted by Gasteiger charge is -2.28. The number of aromatic nitrogens is 1. The molecule has 0 fully saturated rings. The zero-order chi connectivity index (χ0) is 33.0. The predicted octanol–water partition coefficient (Wildman–Crippen LogP) is 12.7. The van der Waals surface area contributed by atoms with Gasteiger partial charge in [-0.2, -0.15) is 0 Å². The van der Waals surface area contributed by atoms with Gasteiger partial charge in [-0.05, 0) is 99.6 Å². The molecular formula is C47H36N2. The Bertz CT molecular complexity index is 2440. The highest BCUT2D eigenvalue weighted by molar-refractivity contribution is 5.91. The molecule has 8 aromatic rings. The van der Waals surface area contributed by atoms with Crippen LogP contribution in [-0.4, -0.2) is 4.57 Å². The highest BCUT2D eigenvalue weighted by Crippen LogP contribution is 2.51. The molecule has 0 unspecified atom stereocenters. The molecule has 0 aliphatic heterocycles. The normalized spacial score (nSPS) is 12.9. The summed E-state index contributed by atoms with van der Waals surface area (Å²) < 4.78 is 2.42. The molecule has 0 N–H and O–H groups in total. The zero-order valence-electron chi connectivity index (χ0n) is 27.7. The number of benzene rings is 7. The molecule has 0 radical (unpaired) electrons. The maximum absolute atomic E-state index is 2.42. The van der Waals surface area contributed by atoms with Gasteiger partial charge in [-0.25, -0.2) is 0 Å². The average Bonchev–Trinajstić information content (AvgIpc) is 3.65. The van der Waals surface area contributed by atoms with E-state index in [0.29, 0.717) is 0 Å². The van der Waals surface area contributed by atoms with Gasteiger partial charge in [-0.15, -0.1) is 0 Å². The van der Waals surface area contributed by atoms with Gasteiger partial charge in [0.25, 0.3) is 0 Å². The number of hydrogen-bond donors (Lipinski definition) is 0. The lowest BCUT2D eigenvalue weighted by molar-refractivity contribution is 0.660. The van der Waals surface area contributed by atoms with E-state index >= 15 is 0 Å². The predicted molar refractivity (Wildman–Crippen MR) is 206 cm³/mol. The second-order valence-corrected chi connectivity index (χ2v) is 13.5. The van der Waals surface area contributed by atoms with Crippen LogP contribution in [0.2, 0.25) is 0 Å². The van der Waals surface area contributed by atoms with Crippen LogP contribution in [0, 0.1) is 0 Å². The van der Waals surface area contributed by atoms with E-state index in [1.165, 1.54) is 61.2 Å². The van der Waals surface area contributed by atoms with Crippen molar-refractivity contribution in [1.82, 2.24) is 4.57 Å². The Hall–Kier alpha value is -6.12. The Labute approximate surface area is 288 Å². The molecule has 9 rings (SSSR count). The van der Waals surface area contributed by atoms with Crippen LogP contribution in [0.25, 0.3) is 50.1 Å². The van der Waals surface area contributed by atoms with E-state index in [-0.39, 0.29) is 5.41 Å². The molecule has 0 spiro atoms. The molecule has 1 aliphatic rings. The Morgan fingerprint density at radius 2 is 0.959 bits per heavy atom. The van der Waals surface area contributed by atoms with Gasteiger partial charge in [0, 0.05) is 33.6 Å². The number of para-hydroxylation sites is 2. The molecule has 0 bridgehead atoms. The molecular weight excluding hydrogens is 593 g/mol. The van der Waals surface area contributed by atoms with Crippen molar-refractivity contribution in [2.24, 2.45) is 0 Å². The van der Waals surface area contributed by atoms with E-state index in [2.05, 4.69) is 205 Å². The zero-order valence-corrected chi connectivity index (χ0v) is 27.7. The summed E-state index contributed by atoms with van der Waals surface area (Å²) in [5.74, 6) is 0. The van der Waals surface area contributed by atoms with Crippen LogP contribution in [0.1, 0.15) is 25.0 Å². The second-order valence-electron chi connectivity index (χ2n) is 13.5. The molecule has 1 aromatic heterocycles. The van der Waals surface area contributed by atoms with E-state index < -0.39 is 0 Å². The largest absolute Gasteiger partial charge is 0.310 e. The lowest BCUT2D eigenvalue weighted by Crippen LogP contribution is -2.17. The molecule has 2 heteroatoms. The van der Waals surface area contributed by atoms with Gasteiger partial charge in [-0.1, -0.05) is 135 Å². The summed E-state index contributed by atoms with van der Waals surface area (Å²) in [6.45, 7) is 4.75. The smallest absolute Gasteiger partial charge is 0.0540 e. The molecule has 1 aliphatic carbocycles. The Morgan fingerprint density at radius 3 is 1.67 bits per heavy atom. The monoisotopic (exact) mass is 628 g/mol. The SMILES string of the molecule is CC1(C)c2cc(N(c3ccccc3)c3ccc(-c4ccccc4)cc3)ccc2-c2ccc(-n3c(-c4ccccc4)cc4ccccc43)cc21. The van der Waals surface area contributed by atoms with Crippen molar-refractivity contribution in [3.05, 3.63) is 193 Å². The van der Waals surface area contributed by atoms with E-state index in [1.54, 1.807) is 0 Å². The van der Waals surface area contributed by atoms with E-state index in [0.717, 1.165) is 17.1 Å². The second kappa shape index (κ2) is 11.5. The molecule has 49 heavy (non-hydrogen) atoms. The van der Waals surface area contributed by atoms with Crippen molar-refractivity contribution < 1.29 is 0 Å². The van der Waals surface area contributed by atoms with Crippen LogP contribution in [0.3, 0.4) is 0 Å². The van der Waals surface area contributed by atoms with Gasteiger partial charge < -0.3 is 9.47 Å². The van der Waals surface area contributed by atoms with Crippen molar-refractivity contribution in [3.8, 4) is 39.2 Å². The van der Waals surface area contributed by atoms with Gasteiger partial charge in [0.05, 0.1) is 11.2 Å². The van der Waals surface area contributed by atoms with Gasteiger partial charge in [0.15, 0.2) is 0 Å². The molecule has 7 aromatic carbocycles. The summed E-state index contributed by atoms with van der Waals surface area (Å²) in [5.41, 5.74) is 15.8. The van der Waals surface area contributed by atoms with Crippen molar-refractivity contribution in [1.29, 1.82) is 0 Å². The minimum Gasteiger partial charge on any atom is -0.310 e. The first-order chi connectivity index (χ1) is 24.1. The minimum atomic E-state index is -0.188. The van der Waals surface area contributed by atoms with Gasteiger partial charge in [0.1, 0.15) is 0 Å². The van der Waals surface area contributed by atoms with Crippen LogP contribution in [0.4, 0.5) is 17.1 Å². The standard InChI is InChI=1S/C47H36N2/c1-47(2)43-31-39(48(37-19-10-5-11-20-37)38-24-22-34(23-25-38)33-14-6-3-7-15-33)26-28-41(43)42-29-27-40(32-44(42)47)49-45-21-13-12-18-36(45)30-46(49)35-16-8-4-9-17-35/h3-32H,1-2H3. The summed E-state index contributed by atoms with van der Waals surface area (Å²) in [5, 5.41) is 1.24. The summed E-state index contributed by atoms with van der Waals surface area (Å²) in [4.78, 5) is 2.37. The maximum Gasteiger partial charge on any atom is 0.0540 e. The first kappa shape index (κ1) is 29.1. The summed E-state index contributed by atoms with van der Waals surface area (Å²) in [6.07, 6.45) is 0. The molecule has 234 valence electrons. The summed E-state index contributed by atoms with van der Waals surface area (Å²) in [6, 6.07) is 66.0. The van der Waals surface area contributed by atoms with Gasteiger partial charge in [-0.3, -0.25) is 0 Å². The fraction of sp³-hybridized carbons (Fsp3) is 0.0638. The van der Waals surface area contributed by atoms with E-state index in [9.17, 15) is 0 Å². The molecule has 1 heterocycles. The van der Waals surface area contributed by atoms with E-state index in [4.69, 9.17) is 0 Å². The van der Waals surface area contributed by atoms with Crippen LogP contribution in [-0.2, 0) is 5.41 Å². The van der Waals surface area contributed by atoms with Crippen molar-refractivity contribution in [2.75, 3.05) is 4.90 Å². The molecule has 0 saturated heterocycles. The lowest BCUT2D eigenvalue weighted by atomic mass is 9.82. The highest BCUT2D eigenvalue weighted by atomic mass is 15.1. The Kier molecular flexibility index (Phi) is 6.84. The molecule has 0 atom stereocenters. The number of rotatable bonds is 6. The van der Waals surface area contributed by atoms with E-state index in [1.807, 2.05) is 0 Å². The quantitative estimate of drug-likeness (QED) is 0.178. The Morgan fingerprint density at radius 1 is 0.429 bits per heavy atom. The van der Waals surface area contributed by atoms with Gasteiger partial charge in [0.2, 0.25) is 0 Å². The molecule has 2 nitrogen and oxygen atoms in total. The number of hydrogen-bond acceptors (Lipinski definition) is 1. The molecule has 0 amide bonds. The third kappa shape index (κ3) is 4.88. The van der Waals surface area contributed by atoms with Crippen LogP contribution < -0.4 is 4.90 Å². The third-order valence-electron chi connectivity index (χ3n) is 10.2. The third-order valence-corrected chi connectivity index (χ3v) is 10.2. The number of fused-ring (bicyclic) bond motifs is 4. The molecule has 0 saturated carbocycles. The first-order valence-corrected chi connectivity index (χ1v) is 17.0. The van der Waals surface area contributed by atoms with Crippen LogP contribution in [0.15, 0.2) is 182 Å². The van der Waals surface area contributed by atoms with Crippen molar-refractivity contribution in [2.45, 2.75) is 19.3 Å². The van der Waals surface area contributed by atoms with Crippen molar-refractivity contribution in [3.63, 3.8) is 0 Å². The topological polar surface area (TPSA) is 8.17 Å². The van der Waals surface area contributed by atoms with Crippen molar-refractivity contribution >= 4 is 28.0 Å². The highest BCUT2D eigenvalue weighted by Gasteiger charge is 2.36. The Balaban J connectivity index is 1.14. The number of nitrogens with zero attached hydrogens (tertiary/aromatic N) is 2. The summed E-state index contributed by atoms with van der Waals surface area (Å²) in [7, 11) is 0.